The van der Waals surface area contributed by atoms with Crippen molar-refractivity contribution < 1.29 is 27.5 Å². The maximum atomic E-state index is 13.3. The van der Waals surface area contributed by atoms with Crippen molar-refractivity contribution in [1.29, 1.82) is 0 Å². The van der Waals surface area contributed by atoms with Crippen LogP contribution >= 0.6 is 0 Å². The number of aryl methyl sites for hydroxylation is 3. The quantitative estimate of drug-likeness (QED) is 0.870. The van der Waals surface area contributed by atoms with Gasteiger partial charge in [-0.05, 0) is 19.9 Å². The minimum atomic E-state index is -5.05. The monoisotopic (exact) mass is 345 g/mol. The molecule has 0 fully saturated rings. The third-order valence-corrected chi connectivity index (χ3v) is 3.70. The van der Waals surface area contributed by atoms with Crippen molar-refractivity contribution >= 4 is 5.91 Å². The van der Waals surface area contributed by atoms with Crippen LogP contribution in [0.1, 0.15) is 29.3 Å². The lowest BCUT2D eigenvalue weighted by atomic mass is 9.97. The molecule has 2 aromatic rings. The number of nitrogens with zero attached hydrogens (tertiary/aromatic N) is 2. The molecule has 2 heterocycles. The molecule has 6 nitrogen and oxygen atoms in total. The molecule has 24 heavy (non-hydrogen) atoms. The Bertz CT molecular complexity index is 736. The van der Waals surface area contributed by atoms with Gasteiger partial charge in [-0.15, -0.1) is 0 Å². The Balaban J connectivity index is 2.14. The highest BCUT2D eigenvalue weighted by molar-refractivity contribution is 5.77. The number of amides is 1. The van der Waals surface area contributed by atoms with Gasteiger partial charge in [-0.1, -0.05) is 0 Å². The van der Waals surface area contributed by atoms with Gasteiger partial charge < -0.3 is 19.4 Å². The molecule has 0 bridgehead atoms. The number of halogens is 3. The van der Waals surface area contributed by atoms with Gasteiger partial charge in [-0.2, -0.15) is 13.2 Å². The molecule has 0 aliphatic rings. The fourth-order valence-electron chi connectivity index (χ4n) is 2.42. The molecule has 1 unspecified atom stereocenters. The number of alkyl halides is 3. The van der Waals surface area contributed by atoms with Gasteiger partial charge in [0.2, 0.25) is 11.5 Å². The van der Waals surface area contributed by atoms with Gasteiger partial charge in [0.05, 0.1) is 6.42 Å². The molecule has 0 spiro atoms. The Hall–Kier alpha value is -2.29. The number of aliphatic hydroxyl groups is 1. The molecular formula is C15H18F3N3O3. The first kappa shape index (κ1) is 18.1. The third-order valence-electron chi connectivity index (χ3n) is 3.70. The highest BCUT2D eigenvalue weighted by atomic mass is 19.4. The van der Waals surface area contributed by atoms with Gasteiger partial charge in [0.1, 0.15) is 11.5 Å². The van der Waals surface area contributed by atoms with E-state index in [-0.39, 0.29) is 6.54 Å². The van der Waals surface area contributed by atoms with Crippen LogP contribution in [0.2, 0.25) is 0 Å². The molecule has 0 aliphatic heterocycles. The van der Waals surface area contributed by atoms with Crippen LogP contribution in [-0.4, -0.2) is 26.7 Å². The van der Waals surface area contributed by atoms with Gasteiger partial charge in [-0.3, -0.25) is 4.79 Å². The zero-order valence-electron chi connectivity index (χ0n) is 13.4. The summed E-state index contributed by atoms with van der Waals surface area (Å²) < 4.78 is 46.3. The van der Waals surface area contributed by atoms with Crippen molar-refractivity contribution in [3.8, 4) is 0 Å². The van der Waals surface area contributed by atoms with Crippen LogP contribution in [0.25, 0.3) is 0 Å². The Kier molecular flexibility index (Phi) is 4.75. The van der Waals surface area contributed by atoms with E-state index in [9.17, 15) is 23.1 Å². The molecular weight excluding hydrogens is 327 g/mol. The van der Waals surface area contributed by atoms with Crippen molar-refractivity contribution in [1.82, 2.24) is 14.9 Å². The van der Waals surface area contributed by atoms with E-state index in [1.54, 1.807) is 19.9 Å². The Morgan fingerprint density at radius 3 is 2.54 bits per heavy atom. The second-order valence-electron chi connectivity index (χ2n) is 5.61. The maximum Gasteiger partial charge on any atom is 0.425 e. The van der Waals surface area contributed by atoms with E-state index in [0.29, 0.717) is 17.1 Å². The number of carbonyl (C=O) groups excluding carboxylic acids is 1. The largest absolute Gasteiger partial charge is 0.466 e. The van der Waals surface area contributed by atoms with Crippen LogP contribution in [0.3, 0.4) is 0 Å². The number of nitrogens with one attached hydrogen (secondary N) is 1. The Labute approximate surface area is 136 Å². The number of furan rings is 1. The number of imidazole rings is 1. The summed E-state index contributed by atoms with van der Waals surface area (Å²) >= 11 is 0. The highest BCUT2D eigenvalue weighted by Crippen LogP contribution is 2.40. The number of aromatic nitrogens is 2. The summed E-state index contributed by atoms with van der Waals surface area (Å²) in [6, 6.07) is 1.68. The molecule has 0 saturated carbocycles. The van der Waals surface area contributed by atoms with E-state index in [2.05, 4.69) is 10.3 Å². The first-order chi connectivity index (χ1) is 11.0. The summed E-state index contributed by atoms with van der Waals surface area (Å²) in [6.45, 7) is 3.42. The molecule has 0 radical (unpaired) electrons. The molecule has 2 rings (SSSR count). The molecule has 2 aromatic heterocycles. The minimum Gasteiger partial charge on any atom is -0.466 e. The predicted octanol–water partition coefficient (Wildman–Crippen LogP) is 2.09. The lowest BCUT2D eigenvalue weighted by Crippen LogP contribution is -2.47. The second kappa shape index (κ2) is 6.31. The van der Waals surface area contributed by atoms with Crippen molar-refractivity contribution in [2.45, 2.75) is 38.6 Å². The minimum absolute atomic E-state index is 0.0104. The molecule has 0 saturated heterocycles. The predicted molar refractivity (Wildman–Crippen MR) is 77.8 cm³/mol. The highest BCUT2D eigenvalue weighted by Gasteiger charge is 2.58. The van der Waals surface area contributed by atoms with Crippen molar-refractivity contribution in [2.75, 3.05) is 0 Å². The summed E-state index contributed by atoms with van der Waals surface area (Å²) in [4.78, 5) is 15.5. The van der Waals surface area contributed by atoms with Gasteiger partial charge >= 0.3 is 6.18 Å². The molecule has 132 valence electrons. The first-order valence-electron chi connectivity index (χ1n) is 7.14. The van der Waals surface area contributed by atoms with Gasteiger partial charge in [0.25, 0.3) is 0 Å². The topological polar surface area (TPSA) is 80.3 Å². The summed E-state index contributed by atoms with van der Waals surface area (Å²) in [5, 5.41) is 12.5. The molecule has 0 aliphatic carbocycles. The van der Waals surface area contributed by atoms with Gasteiger partial charge in [-0.25, -0.2) is 4.98 Å². The summed E-state index contributed by atoms with van der Waals surface area (Å²) in [5.41, 5.74) is -2.70. The van der Waals surface area contributed by atoms with E-state index >= 15 is 0 Å². The van der Waals surface area contributed by atoms with E-state index < -0.39 is 29.9 Å². The molecule has 1 atom stereocenters. The van der Waals surface area contributed by atoms with Crippen LogP contribution < -0.4 is 5.32 Å². The van der Waals surface area contributed by atoms with E-state index in [4.69, 9.17) is 4.42 Å². The number of carbonyl (C=O) groups is 1. The summed E-state index contributed by atoms with van der Waals surface area (Å²) in [7, 11) is 1.31. The van der Waals surface area contributed by atoms with E-state index in [1.165, 1.54) is 13.2 Å². The zero-order chi connectivity index (χ0) is 18.1. The normalized spacial score (nSPS) is 14.5. The van der Waals surface area contributed by atoms with E-state index in [1.807, 2.05) is 0 Å². The summed E-state index contributed by atoms with van der Waals surface area (Å²) in [6.07, 6.45) is -3.84. The maximum absolute atomic E-state index is 13.3. The van der Waals surface area contributed by atoms with E-state index in [0.717, 1.165) is 10.8 Å². The van der Waals surface area contributed by atoms with Crippen molar-refractivity contribution in [2.24, 2.45) is 7.05 Å². The molecule has 9 heteroatoms. The standard InChI is InChI=1S/C15H18F3N3O3/c1-9-6-11(10(2)24-9)8-20-12(22)7-14(23,15(16,17)18)13-19-4-5-21(13)3/h4-6,23H,7-8H2,1-3H3,(H,20,22). The van der Waals surface area contributed by atoms with Crippen LogP contribution in [0.15, 0.2) is 22.9 Å². The molecule has 1 amide bonds. The van der Waals surface area contributed by atoms with Crippen LogP contribution in [0, 0.1) is 13.8 Å². The van der Waals surface area contributed by atoms with Gasteiger partial charge in [0, 0.05) is 31.5 Å². The Morgan fingerprint density at radius 2 is 2.08 bits per heavy atom. The fraction of sp³-hybridized carbons (Fsp3) is 0.467. The van der Waals surface area contributed by atoms with Crippen molar-refractivity contribution in [3.05, 3.63) is 41.4 Å². The smallest absolute Gasteiger partial charge is 0.425 e. The van der Waals surface area contributed by atoms with Crippen LogP contribution in [0.5, 0.6) is 0 Å². The lowest BCUT2D eigenvalue weighted by Gasteiger charge is -2.29. The number of hydrogen-bond donors (Lipinski definition) is 2. The van der Waals surface area contributed by atoms with Gasteiger partial charge in [0.15, 0.2) is 5.82 Å². The second-order valence-corrected chi connectivity index (χ2v) is 5.61. The zero-order valence-corrected chi connectivity index (χ0v) is 13.4. The Morgan fingerprint density at radius 1 is 1.42 bits per heavy atom. The van der Waals surface area contributed by atoms with Crippen molar-refractivity contribution in [3.63, 3.8) is 0 Å². The lowest BCUT2D eigenvalue weighted by molar-refractivity contribution is -0.271. The average molecular weight is 345 g/mol. The van der Waals surface area contributed by atoms with Crippen LogP contribution in [-0.2, 0) is 24.0 Å². The summed E-state index contributed by atoms with van der Waals surface area (Å²) in [5.74, 6) is -0.379. The number of hydrogen-bond acceptors (Lipinski definition) is 4. The average Bonchev–Trinajstić information content (AvgIpc) is 3.01. The SMILES string of the molecule is Cc1cc(CNC(=O)CC(O)(c2nccn2C)C(F)(F)F)c(C)o1. The molecule has 0 aromatic carbocycles. The fourth-order valence-corrected chi connectivity index (χ4v) is 2.42. The third kappa shape index (κ3) is 3.45. The van der Waals surface area contributed by atoms with Crippen LogP contribution in [0.4, 0.5) is 13.2 Å². The number of rotatable bonds is 5. The molecule has 2 N–H and O–H groups in total. The first-order valence-corrected chi connectivity index (χ1v) is 7.14.